The Hall–Kier alpha value is -3.17. The molecule has 28 heavy (non-hydrogen) atoms. The minimum Gasteiger partial charge on any atom is -0.495 e. The van der Waals surface area contributed by atoms with Crippen LogP contribution in [0.4, 0.5) is 16.5 Å². The Morgan fingerprint density at radius 1 is 1.07 bits per heavy atom. The molecule has 144 valence electrons. The van der Waals surface area contributed by atoms with Crippen LogP contribution in [0.25, 0.3) is 11.1 Å². The van der Waals surface area contributed by atoms with E-state index in [0.29, 0.717) is 28.0 Å². The van der Waals surface area contributed by atoms with Crippen molar-refractivity contribution in [1.29, 1.82) is 0 Å². The van der Waals surface area contributed by atoms with Gasteiger partial charge in [0.1, 0.15) is 11.5 Å². The molecule has 0 unspecified atom stereocenters. The smallest absolute Gasteiger partial charge is 0.285 e. The number of rotatable bonds is 5. The maximum atomic E-state index is 12.2. The third-order valence-corrected chi connectivity index (χ3v) is 4.85. The number of nitrogen functional groups attached to an aromatic ring is 1. The van der Waals surface area contributed by atoms with Crippen LogP contribution in [0, 0.1) is 0 Å². The molecule has 0 saturated carbocycles. The molecule has 7 nitrogen and oxygen atoms in total. The van der Waals surface area contributed by atoms with Crippen molar-refractivity contribution >= 4 is 51.0 Å². The van der Waals surface area contributed by atoms with Crippen LogP contribution < -0.4 is 25.8 Å². The number of anilines is 3. The first-order valence-corrected chi connectivity index (χ1v) is 9.44. The Morgan fingerprint density at radius 3 is 2.39 bits per heavy atom. The number of nitrogens with one attached hydrogen (secondary N) is 2. The molecule has 1 aromatic heterocycles. The fraction of sp³-hybridized carbons (Fsp3) is 0.105. The number of nitrogens with zero attached hydrogens (tertiary/aromatic N) is 1. The third-order valence-electron chi connectivity index (χ3n) is 3.88. The van der Waals surface area contributed by atoms with Crippen molar-refractivity contribution < 1.29 is 14.3 Å². The molecule has 3 rings (SSSR count). The first-order chi connectivity index (χ1) is 13.5. The summed E-state index contributed by atoms with van der Waals surface area (Å²) >= 11 is 6.49. The lowest BCUT2D eigenvalue weighted by atomic mass is 10.0. The summed E-state index contributed by atoms with van der Waals surface area (Å²) in [6, 6.07) is 11.0. The van der Waals surface area contributed by atoms with Gasteiger partial charge in [-0.25, -0.2) is 4.98 Å². The van der Waals surface area contributed by atoms with E-state index in [4.69, 9.17) is 27.4 Å². The van der Waals surface area contributed by atoms with Crippen LogP contribution in [0.1, 0.15) is 0 Å². The Morgan fingerprint density at radius 2 is 1.75 bits per heavy atom. The molecular weight excluding hydrogens is 396 g/mol. The van der Waals surface area contributed by atoms with Crippen LogP contribution in [0.5, 0.6) is 11.5 Å². The SMILES string of the molecule is COc1cc(-c2ccc(NC(=S)C(=O)Nc3nccs3)c(OC)c2)ccc1N. The highest BCUT2D eigenvalue weighted by Crippen LogP contribution is 2.34. The molecule has 9 heteroatoms. The maximum Gasteiger partial charge on any atom is 0.285 e. The molecule has 2 aromatic carbocycles. The minimum absolute atomic E-state index is 0.00963. The number of hydrogen-bond acceptors (Lipinski definition) is 7. The van der Waals surface area contributed by atoms with Crippen molar-refractivity contribution in [2.45, 2.75) is 0 Å². The van der Waals surface area contributed by atoms with Gasteiger partial charge in [-0.2, -0.15) is 0 Å². The maximum absolute atomic E-state index is 12.2. The fourth-order valence-corrected chi connectivity index (χ4v) is 3.17. The molecule has 0 radical (unpaired) electrons. The lowest BCUT2D eigenvalue weighted by Gasteiger charge is -2.14. The van der Waals surface area contributed by atoms with Crippen molar-refractivity contribution in [3.63, 3.8) is 0 Å². The summed E-state index contributed by atoms with van der Waals surface area (Å²) in [7, 11) is 3.12. The fourth-order valence-electron chi connectivity index (χ4n) is 2.48. The van der Waals surface area contributed by atoms with Crippen molar-refractivity contribution in [3.05, 3.63) is 48.0 Å². The van der Waals surface area contributed by atoms with Crippen LogP contribution >= 0.6 is 23.6 Å². The molecule has 1 amide bonds. The number of methoxy groups -OCH3 is 2. The molecule has 0 spiro atoms. The van der Waals surface area contributed by atoms with E-state index in [1.807, 2.05) is 24.3 Å². The number of carbonyl (C=O) groups is 1. The van der Waals surface area contributed by atoms with Gasteiger partial charge in [0.2, 0.25) is 0 Å². The first kappa shape index (κ1) is 19.6. The summed E-state index contributed by atoms with van der Waals surface area (Å²) in [6.07, 6.45) is 1.60. The second-order valence-corrected chi connectivity index (χ2v) is 6.92. The van der Waals surface area contributed by atoms with Crippen LogP contribution in [-0.2, 0) is 4.79 Å². The van der Waals surface area contributed by atoms with E-state index in [1.54, 1.807) is 37.9 Å². The summed E-state index contributed by atoms with van der Waals surface area (Å²) in [5.74, 6) is 0.691. The average Bonchev–Trinajstić information content (AvgIpc) is 3.21. The number of amides is 1. The largest absolute Gasteiger partial charge is 0.495 e. The van der Waals surface area contributed by atoms with Gasteiger partial charge < -0.3 is 20.5 Å². The van der Waals surface area contributed by atoms with Gasteiger partial charge in [-0.1, -0.05) is 24.4 Å². The highest BCUT2D eigenvalue weighted by atomic mass is 32.1. The zero-order chi connectivity index (χ0) is 20.1. The van der Waals surface area contributed by atoms with Crippen molar-refractivity contribution in [2.24, 2.45) is 0 Å². The molecular formula is C19H18N4O3S2. The van der Waals surface area contributed by atoms with E-state index in [-0.39, 0.29) is 4.99 Å². The minimum atomic E-state index is -0.445. The third kappa shape index (κ3) is 4.38. The molecule has 0 aliphatic rings. The molecule has 1 heterocycles. The number of carbonyl (C=O) groups excluding carboxylic acids is 1. The van der Waals surface area contributed by atoms with Gasteiger partial charge in [0.25, 0.3) is 5.91 Å². The Balaban J connectivity index is 1.79. The molecule has 0 saturated heterocycles. The van der Waals surface area contributed by atoms with Crippen LogP contribution in [-0.4, -0.2) is 30.1 Å². The topological polar surface area (TPSA) is 98.5 Å². The van der Waals surface area contributed by atoms with Gasteiger partial charge >= 0.3 is 0 Å². The van der Waals surface area contributed by atoms with E-state index in [0.717, 1.165) is 11.1 Å². The van der Waals surface area contributed by atoms with Crippen LogP contribution in [0.3, 0.4) is 0 Å². The molecule has 0 bridgehead atoms. The molecule has 0 fully saturated rings. The van der Waals surface area contributed by atoms with Crippen molar-refractivity contribution in [2.75, 3.05) is 30.6 Å². The Kier molecular flexibility index (Phi) is 6.07. The second kappa shape index (κ2) is 8.68. The summed E-state index contributed by atoms with van der Waals surface area (Å²) in [5, 5.41) is 7.79. The van der Waals surface area contributed by atoms with Gasteiger partial charge in [0.15, 0.2) is 10.1 Å². The van der Waals surface area contributed by atoms with Crippen LogP contribution in [0.15, 0.2) is 48.0 Å². The highest BCUT2D eigenvalue weighted by Gasteiger charge is 2.14. The van der Waals surface area contributed by atoms with Gasteiger partial charge in [-0.05, 0) is 35.4 Å². The van der Waals surface area contributed by atoms with Gasteiger partial charge in [-0.15, -0.1) is 11.3 Å². The molecule has 4 N–H and O–H groups in total. The molecule has 3 aromatic rings. The van der Waals surface area contributed by atoms with E-state index in [1.165, 1.54) is 11.3 Å². The number of nitrogens with two attached hydrogens (primary N) is 1. The van der Waals surface area contributed by atoms with Gasteiger partial charge in [0, 0.05) is 11.6 Å². The first-order valence-electron chi connectivity index (χ1n) is 8.15. The normalized spacial score (nSPS) is 10.2. The number of thiocarbonyl (C=S) groups is 1. The molecule has 0 aliphatic carbocycles. The summed E-state index contributed by atoms with van der Waals surface area (Å²) in [5.41, 5.74) is 8.83. The summed E-state index contributed by atoms with van der Waals surface area (Å²) in [4.78, 5) is 16.2. The number of ether oxygens (including phenoxy) is 2. The Bertz CT molecular complexity index is 1010. The number of thiazole rings is 1. The lowest BCUT2D eigenvalue weighted by Crippen LogP contribution is -2.27. The van der Waals surface area contributed by atoms with Crippen molar-refractivity contribution in [3.8, 4) is 22.6 Å². The molecule has 0 atom stereocenters. The standard InChI is InChI=1S/C19H18N4O3S2/c1-25-15-9-11(3-5-13(15)20)12-4-6-14(16(10-12)26-2)22-18(27)17(24)23-19-21-7-8-28-19/h3-10H,20H2,1-2H3,(H,22,27)(H,21,23,24). The zero-order valence-corrected chi connectivity index (χ0v) is 16.8. The zero-order valence-electron chi connectivity index (χ0n) is 15.2. The van der Waals surface area contributed by atoms with Crippen molar-refractivity contribution in [1.82, 2.24) is 4.98 Å². The number of hydrogen-bond donors (Lipinski definition) is 3. The van der Waals surface area contributed by atoms with E-state index < -0.39 is 5.91 Å². The number of aromatic nitrogens is 1. The van der Waals surface area contributed by atoms with E-state index in [2.05, 4.69) is 15.6 Å². The Labute approximate surface area is 171 Å². The van der Waals surface area contributed by atoms with Gasteiger partial charge in [-0.3, -0.25) is 10.1 Å². The predicted molar refractivity (Wildman–Crippen MR) is 116 cm³/mol. The second-order valence-electron chi connectivity index (χ2n) is 5.62. The van der Waals surface area contributed by atoms with E-state index in [9.17, 15) is 4.79 Å². The predicted octanol–water partition coefficient (Wildman–Crippen LogP) is 3.79. The monoisotopic (exact) mass is 414 g/mol. The van der Waals surface area contributed by atoms with E-state index >= 15 is 0 Å². The summed E-state index contributed by atoms with van der Waals surface area (Å²) in [6.45, 7) is 0. The summed E-state index contributed by atoms with van der Waals surface area (Å²) < 4.78 is 10.7. The quantitative estimate of drug-likeness (QED) is 0.432. The average molecular weight is 415 g/mol. The lowest BCUT2D eigenvalue weighted by molar-refractivity contribution is -0.110. The van der Waals surface area contributed by atoms with Crippen LogP contribution in [0.2, 0.25) is 0 Å². The highest BCUT2D eigenvalue weighted by molar-refractivity contribution is 7.82. The van der Waals surface area contributed by atoms with Gasteiger partial charge in [0.05, 0.1) is 25.6 Å². The molecule has 0 aliphatic heterocycles. The number of benzene rings is 2.